The van der Waals surface area contributed by atoms with Crippen LogP contribution in [0.25, 0.3) is 0 Å². The number of nitrogens with zero attached hydrogens (tertiary/aromatic N) is 2. The van der Waals surface area contributed by atoms with E-state index in [9.17, 15) is 4.79 Å². The SMILES string of the molecule is CC(C)CN(CCN(C)C)C(=O)c1ccc(N)c(Cl)c1. The van der Waals surface area contributed by atoms with E-state index in [1.165, 1.54) is 0 Å². The van der Waals surface area contributed by atoms with Crippen molar-refractivity contribution in [2.45, 2.75) is 13.8 Å². The van der Waals surface area contributed by atoms with Crippen LogP contribution in [0.3, 0.4) is 0 Å². The summed E-state index contributed by atoms with van der Waals surface area (Å²) in [4.78, 5) is 16.5. The second-order valence-electron chi connectivity index (χ2n) is 5.68. The third kappa shape index (κ3) is 5.02. The second kappa shape index (κ2) is 7.50. The number of carbonyl (C=O) groups excluding carboxylic acids is 1. The van der Waals surface area contributed by atoms with Crippen LogP contribution in [0, 0.1) is 5.92 Å². The van der Waals surface area contributed by atoms with Gasteiger partial charge in [0.1, 0.15) is 0 Å². The third-order valence-corrected chi connectivity index (χ3v) is 3.26. The van der Waals surface area contributed by atoms with Gasteiger partial charge in [0.2, 0.25) is 0 Å². The maximum Gasteiger partial charge on any atom is 0.253 e. The molecule has 1 aromatic carbocycles. The summed E-state index contributed by atoms with van der Waals surface area (Å²) < 4.78 is 0. The van der Waals surface area contributed by atoms with Crippen molar-refractivity contribution in [3.63, 3.8) is 0 Å². The first kappa shape index (κ1) is 16.8. The first-order chi connectivity index (χ1) is 9.31. The van der Waals surface area contributed by atoms with Crippen molar-refractivity contribution in [3.8, 4) is 0 Å². The molecule has 0 heterocycles. The zero-order valence-electron chi connectivity index (χ0n) is 12.7. The zero-order valence-corrected chi connectivity index (χ0v) is 13.4. The molecule has 0 radical (unpaired) electrons. The van der Waals surface area contributed by atoms with Crippen LogP contribution in [0.5, 0.6) is 0 Å². The van der Waals surface area contributed by atoms with E-state index < -0.39 is 0 Å². The lowest BCUT2D eigenvalue weighted by Crippen LogP contribution is -2.39. The molecule has 2 N–H and O–H groups in total. The Kier molecular flexibility index (Phi) is 6.30. The Balaban J connectivity index is 2.87. The smallest absolute Gasteiger partial charge is 0.253 e. The summed E-state index contributed by atoms with van der Waals surface area (Å²) in [6.07, 6.45) is 0. The number of anilines is 1. The van der Waals surface area contributed by atoms with E-state index in [0.29, 0.717) is 28.7 Å². The Hall–Kier alpha value is -1.26. The second-order valence-corrected chi connectivity index (χ2v) is 6.09. The number of hydrogen-bond acceptors (Lipinski definition) is 3. The summed E-state index contributed by atoms with van der Waals surface area (Å²) in [5.41, 5.74) is 6.76. The molecule has 0 saturated carbocycles. The standard InChI is InChI=1S/C15H24ClN3O/c1-11(2)10-19(8-7-18(3)4)15(20)12-5-6-14(17)13(16)9-12/h5-6,9,11H,7-8,10,17H2,1-4H3. The summed E-state index contributed by atoms with van der Waals surface area (Å²) >= 11 is 5.99. The van der Waals surface area contributed by atoms with Gasteiger partial charge in [0.05, 0.1) is 10.7 Å². The van der Waals surface area contributed by atoms with E-state index in [2.05, 4.69) is 18.7 Å². The molecule has 0 aromatic heterocycles. The number of nitrogens with two attached hydrogens (primary N) is 1. The van der Waals surface area contributed by atoms with E-state index in [4.69, 9.17) is 17.3 Å². The molecule has 20 heavy (non-hydrogen) atoms. The highest BCUT2D eigenvalue weighted by Gasteiger charge is 2.17. The van der Waals surface area contributed by atoms with Crippen molar-refractivity contribution in [1.29, 1.82) is 0 Å². The molecule has 1 rings (SSSR count). The van der Waals surface area contributed by atoms with Gasteiger partial charge < -0.3 is 15.5 Å². The number of rotatable bonds is 6. The number of hydrogen-bond donors (Lipinski definition) is 1. The number of benzene rings is 1. The number of carbonyl (C=O) groups is 1. The predicted octanol–water partition coefficient (Wildman–Crippen LogP) is 2.58. The van der Waals surface area contributed by atoms with Gasteiger partial charge in [-0.25, -0.2) is 0 Å². The quantitative estimate of drug-likeness (QED) is 0.821. The van der Waals surface area contributed by atoms with Crippen LogP contribution >= 0.6 is 11.6 Å². The predicted molar refractivity (Wildman–Crippen MR) is 85.2 cm³/mol. The fourth-order valence-electron chi connectivity index (χ4n) is 1.88. The number of nitrogen functional groups attached to an aromatic ring is 1. The third-order valence-electron chi connectivity index (χ3n) is 2.94. The lowest BCUT2D eigenvalue weighted by molar-refractivity contribution is 0.0724. The van der Waals surface area contributed by atoms with E-state index in [1.54, 1.807) is 18.2 Å². The molecule has 1 amide bonds. The number of likely N-dealkylation sites (N-methyl/N-ethyl adjacent to an activating group) is 1. The molecule has 112 valence electrons. The molecule has 0 saturated heterocycles. The highest BCUT2D eigenvalue weighted by Crippen LogP contribution is 2.20. The molecule has 4 nitrogen and oxygen atoms in total. The topological polar surface area (TPSA) is 49.6 Å². The Labute approximate surface area is 126 Å². The molecular formula is C15H24ClN3O. The minimum Gasteiger partial charge on any atom is -0.398 e. The fourth-order valence-corrected chi connectivity index (χ4v) is 2.06. The van der Waals surface area contributed by atoms with Crippen molar-refractivity contribution in [1.82, 2.24) is 9.80 Å². The molecule has 0 aliphatic rings. The van der Waals surface area contributed by atoms with E-state index >= 15 is 0 Å². The highest BCUT2D eigenvalue weighted by atomic mass is 35.5. The molecule has 0 aliphatic heterocycles. The maximum absolute atomic E-state index is 12.6. The lowest BCUT2D eigenvalue weighted by Gasteiger charge is -2.26. The largest absolute Gasteiger partial charge is 0.398 e. The van der Waals surface area contributed by atoms with Crippen molar-refractivity contribution in [2.24, 2.45) is 5.92 Å². The molecule has 5 heteroatoms. The average Bonchev–Trinajstić information content (AvgIpc) is 2.36. The van der Waals surface area contributed by atoms with Gasteiger partial charge in [-0.05, 0) is 38.2 Å². The minimum atomic E-state index is 0.00227. The molecule has 0 unspecified atom stereocenters. The van der Waals surface area contributed by atoms with Crippen LogP contribution in [0.1, 0.15) is 24.2 Å². The van der Waals surface area contributed by atoms with Crippen LogP contribution in [0.4, 0.5) is 5.69 Å². The van der Waals surface area contributed by atoms with Crippen LogP contribution in [0.2, 0.25) is 5.02 Å². The van der Waals surface area contributed by atoms with Crippen molar-refractivity contribution >= 4 is 23.2 Å². The highest BCUT2D eigenvalue weighted by molar-refractivity contribution is 6.33. The fraction of sp³-hybridized carbons (Fsp3) is 0.533. The molecule has 0 aliphatic carbocycles. The lowest BCUT2D eigenvalue weighted by atomic mass is 10.1. The van der Waals surface area contributed by atoms with Crippen LogP contribution in [-0.4, -0.2) is 49.4 Å². The van der Waals surface area contributed by atoms with Gasteiger partial charge in [-0.15, -0.1) is 0 Å². The number of amides is 1. The van der Waals surface area contributed by atoms with Gasteiger partial charge in [-0.2, -0.15) is 0 Å². The number of halogens is 1. The zero-order chi connectivity index (χ0) is 15.3. The van der Waals surface area contributed by atoms with Crippen molar-refractivity contribution in [3.05, 3.63) is 28.8 Å². The maximum atomic E-state index is 12.6. The summed E-state index contributed by atoms with van der Waals surface area (Å²) in [6.45, 7) is 6.47. The van der Waals surface area contributed by atoms with Crippen LogP contribution < -0.4 is 5.73 Å². The monoisotopic (exact) mass is 297 g/mol. The molecule has 0 bridgehead atoms. The van der Waals surface area contributed by atoms with Gasteiger partial charge >= 0.3 is 0 Å². The van der Waals surface area contributed by atoms with Crippen LogP contribution in [-0.2, 0) is 0 Å². The first-order valence-corrected chi connectivity index (χ1v) is 7.18. The summed E-state index contributed by atoms with van der Waals surface area (Å²) in [7, 11) is 4.00. The summed E-state index contributed by atoms with van der Waals surface area (Å²) in [5.74, 6) is 0.424. The Morgan fingerprint density at radius 3 is 2.45 bits per heavy atom. The Morgan fingerprint density at radius 2 is 1.95 bits per heavy atom. The van der Waals surface area contributed by atoms with E-state index in [-0.39, 0.29) is 5.91 Å². The van der Waals surface area contributed by atoms with Gasteiger partial charge in [-0.3, -0.25) is 4.79 Å². The van der Waals surface area contributed by atoms with Crippen LogP contribution in [0.15, 0.2) is 18.2 Å². The van der Waals surface area contributed by atoms with Gasteiger partial charge in [0.25, 0.3) is 5.91 Å². The Morgan fingerprint density at radius 1 is 1.30 bits per heavy atom. The summed E-state index contributed by atoms with van der Waals surface area (Å²) in [6, 6.07) is 5.05. The van der Waals surface area contributed by atoms with Gasteiger partial charge in [-0.1, -0.05) is 25.4 Å². The van der Waals surface area contributed by atoms with E-state index in [0.717, 1.165) is 13.1 Å². The molecule has 0 spiro atoms. The summed E-state index contributed by atoms with van der Waals surface area (Å²) in [5, 5.41) is 0.424. The molecule has 1 aromatic rings. The van der Waals surface area contributed by atoms with Crippen molar-refractivity contribution in [2.75, 3.05) is 39.5 Å². The normalized spacial score (nSPS) is 11.2. The van der Waals surface area contributed by atoms with Gasteiger partial charge in [0, 0.05) is 25.2 Å². The first-order valence-electron chi connectivity index (χ1n) is 6.80. The van der Waals surface area contributed by atoms with E-state index in [1.807, 2.05) is 19.0 Å². The Bertz CT molecular complexity index is 460. The molecular weight excluding hydrogens is 274 g/mol. The van der Waals surface area contributed by atoms with Gasteiger partial charge in [0.15, 0.2) is 0 Å². The van der Waals surface area contributed by atoms with Crippen molar-refractivity contribution < 1.29 is 4.79 Å². The minimum absolute atomic E-state index is 0.00227. The molecule has 0 atom stereocenters. The average molecular weight is 298 g/mol. The molecule has 0 fully saturated rings.